The molecule has 0 fully saturated rings. The minimum absolute atomic E-state index is 0.251. The second-order valence-electron chi connectivity index (χ2n) is 2.79. The van der Waals surface area contributed by atoms with Gasteiger partial charge in [-0.25, -0.2) is 0 Å². The maximum absolute atomic E-state index is 5.31. The number of ether oxygens (including phenoxy) is 2. The van der Waals surface area contributed by atoms with Crippen molar-refractivity contribution < 1.29 is 9.47 Å². The molecule has 0 spiro atoms. The average Bonchev–Trinajstić information content (AvgIpc) is 2.29. The van der Waals surface area contributed by atoms with Gasteiger partial charge in [0.05, 0.1) is 6.61 Å². The van der Waals surface area contributed by atoms with Crippen LogP contribution < -0.4 is 14.8 Å². The predicted octanol–water partition coefficient (Wildman–Crippen LogP) is 1.27. The van der Waals surface area contributed by atoms with Gasteiger partial charge in [0.1, 0.15) is 6.61 Å². The highest BCUT2D eigenvalue weighted by Crippen LogP contribution is 2.12. The molecule has 0 aliphatic heterocycles. The van der Waals surface area contributed by atoms with E-state index in [1.54, 1.807) is 7.05 Å². The van der Waals surface area contributed by atoms with Crippen LogP contribution >= 0.6 is 0 Å². The van der Waals surface area contributed by atoms with Crippen LogP contribution in [0.15, 0.2) is 12.2 Å². The van der Waals surface area contributed by atoms with Crippen molar-refractivity contribution in [2.45, 2.75) is 13.8 Å². The molecule has 0 radical (unpaired) electrons. The number of aromatic nitrogens is 3. The Morgan fingerprint density at radius 2 is 1.88 bits per heavy atom. The Bertz CT molecular complexity index is 355. The van der Waals surface area contributed by atoms with Gasteiger partial charge >= 0.3 is 12.0 Å². The third kappa shape index (κ3) is 3.72. The lowest BCUT2D eigenvalue weighted by Gasteiger charge is -2.06. The normalized spacial score (nSPS) is 10.4. The maximum atomic E-state index is 5.31. The van der Waals surface area contributed by atoms with E-state index < -0.39 is 0 Å². The van der Waals surface area contributed by atoms with Crippen LogP contribution in [-0.2, 0) is 0 Å². The molecule has 0 amide bonds. The summed E-state index contributed by atoms with van der Waals surface area (Å²) in [6, 6.07) is 0.512. The van der Waals surface area contributed by atoms with Crippen molar-refractivity contribution in [1.29, 1.82) is 0 Å². The standard InChI is InChI=1S/C10H16N4O2/c1-4-6-7-16-10-13-8(11-3)12-9(14-10)15-5-2/h4,6H,5,7H2,1-3H3,(H,11,12,13,14)/b6-4+. The lowest BCUT2D eigenvalue weighted by Crippen LogP contribution is -2.07. The molecule has 1 aromatic heterocycles. The molecule has 1 heterocycles. The zero-order chi connectivity index (χ0) is 11.8. The summed E-state index contributed by atoms with van der Waals surface area (Å²) in [5, 5.41) is 2.82. The highest BCUT2D eigenvalue weighted by atomic mass is 16.5. The SMILES string of the molecule is C/C=C/COc1nc(NC)nc(OCC)n1. The first-order valence-electron chi connectivity index (χ1n) is 5.10. The summed E-state index contributed by atoms with van der Waals surface area (Å²) in [4.78, 5) is 12.1. The summed E-state index contributed by atoms with van der Waals surface area (Å²) in [7, 11) is 1.72. The maximum Gasteiger partial charge on any atom is 0.324 e. The van der Waals surface area contributed by atoms with Crippen LogP contribution in [0.5, 0.6) is 12.0 Å². The zero-order valence-electron chi connectivity index (χ0n) is 9.73. The van der Waals surface area contributed by atoms with E-state index in [0.717, 1.165) is 0 Å². The first kappa shape index (κ1) is 12.2. The Balaban J connectivity index is 2.77. The summed E-state index contributed by atoms with van der Waals surface area (Å²) in [5.74, 6) is 0.425. The number of allylic oxidation sites excluding steroid dienone is 1. The highest BCUT2D eigenvalue weighted by molar-refractivity contribution is 5.26. The molecule has 6 heteroatoms. The van der Waals surface area contributed by atoms with Crippen molar-refractivity contribution >= 4 is 5.95 Å². The van der Waals surface area contributed by atoms with E-state index >= 15 is 0 Å². The van der Waals surface area contributed by atoms with Crippen molar-refractivity contribution in [3.05, 3.63) is 12.2 Å². The fourth-order valence-electron chi connectivity index (χ4n) is 0.927. The highest BCUT2D eigenvalue weighted by Gasteiger charge is 2.06. The van der Waals surface area contributed by atoms with Gasteiger partial charge in [-0.2, -0.15) is 9.97 Å². The summed E-state index contributed by atoms with van der Waals surface area (Å²) in [6.45, 7) is 4.71. The summed E-state index contributed by atoms with van der Waals surface area (Å²) < 4.78 is 10.5. The number of hydrogen-bond donors (Lipinski definition) is 1. The molecule has 1 aromatic rings. The quantitative estimate of drug-likeness (QED) is 0.734. The van der Waals surface area contributed by atoms with Gasteiger partial charge in [0.25, 0.3) is 0 Å². The summed E-state index contributed by atoms with van der Waals surface area (Å²) in [6.07, 6.45) is 3.76. The van der Waals surface area contributed by atoms with Crippen molar-refractivity contribution in [3.63, 3.8) is 0 Å². The molecule has 0 atom stereocenters. The topological polar surface area (TPSA) is 69.2 Å². The molecule has 0 unspecified atom stereocenters. The molecule has 1 N–H and O–H groups in total. The van der Waals surface area contributed by atoms with E-state index in [2.05, 4.69) is 20.3 Å². The van der Waals surface area contributed by atoms with E-state index in [9.17, 15) is 0 Å². The van der Waals surface area contributed by atoms with E-state index in [0.29, 0.717) is 19.2 Å². The number of nitrogens with zero attached hydrogens (tertiary/aromatic N) is 3. The van der Waals surface area contributed by atoms with Gasteiger partial charge in [0.2, 0.25) is 5.95 Å². The van der Waals surface area contributed by atoms with Gasteiger partial charge < -0.3 is 14.8 Å². The molecule has 0 aliphatic carbocycles. The second-order valence-corrected chi connectivity index (χ2v) is 2.79. The van der Waals surface area contributed by atoms with Crippen molar-refractivity contribution in [1.82, 2.24) is 15.0 Å². The minimum Gasteiger partial charge on any atom is -0.464 e. The minimum atomic E-state index is 0.251. The Kier molecular flexibility index (Phi) is 5.04. The monoisotopic (exact) mass is 224 g/mol. The molecular weight excluding hydrogens is 208 g/mol. The fourth-order valence-corrected chi connectivity index (χ4v) is 0.927. The Hall–Kier alpha value is -1.85. The van der Waals surface area contributed by atoms with Gasteiger partial charge in [0, 0.05) is 7.05 Å². The fraction of sp³-hybridized carbons (Fsp3) is 0.500. The number of rotatable bonds is 6. The summed E-state index contributed by atoms with van der Waals surface area (Å²) in [5.41, 5.74) is 0. The molecule has 0 bridgehead atoms. The molecule has 88 valence electrons. The molecule has 0 aliphatic rings. The molecule has 0 aromatic carbocycles. The largest absolute Gasteiger partial charge is 0.464 e. The zero-order valence-corrected chi connectivity index (χ0v) is 9.73. The van der Waals surface area contributed by atoms with Crippen LogP contribution in [0.1, 0.15) is 13.8 Å². The van der Waals surface area contributed by atoms with E-state index in [1.807, 2.05) is 26.0 Å². The lowest BCUT2D eigenvalue weighted by atomic mass is 10.6. The van der Waals surface area contributed by atoms with Crippen LogP contribution in [0, 0.1) is 0 Å². The van der Waals surface area contributed by atoms with Crippen LogP contribution in [0.3, 0.4) is 0 Å². The van der Waals surface area contributed by atoms with Crippen molar-refractivity contribution in [3.8, 4) is 12.0 Å². The molecule has 0 saturated heterocycles. The molecule has 1 rings (SSSR count). The van der Waals surface area contributed by atoms with Crippen LogP contribution in [-0.4, -0.2) is 35.2 Å². The van der Waals surface area contributed by atoms with Crippen LogP contribution in [0.25, 0.3) is 0 Å². The van der Waals surface area contributed by atoms with Crippen LogP contribution in [0.4, 0.5) is 5.95 Å². The first-order valence-corrected chi connectivity index (χ1v) is 5.10. The molecule has 6 nitrogen and oxygen atoms in total. The Morgan fingerprint density at radius 3 is 2.44 bits per heavy atom. The Labute approximate surface area is 94.7 Å². The average molecular weight is 224 g/mol. The van der Waals surface area contributed by atoms with E-state index in [-0.39, 0.29) is 12.0 Å². The van der Waals surface area contributed by atoms with Gasteiger partial charge in [-0.3, -0.25) is 0 Å². The smallest absolute Gasteiger partial charge is 0.324 e. The van der Waals surface area contributed by atoms with E-state index in [1.165, 1.54) is 0 Å². The number of hydrogen-bond acceptors (Lipinski definition) is 6. The molecule has 16 heavy (non-hydrogen) atoms. The predicted molar refractivity (Wildman–Crippen MR) is 60.9 cm³/mol. The first-order chi connectivity index (χ1) is 7.80. The van der Waals surface area contributed by atoms with Gasteiger partial charge in [-0.15, -0.1) is 4.98 Å². The number of nitrogens with one attached hydrogen (secondary N) is 1. The van der Waals surface area contributed by atoms with Crippen molar-refractivity contribution in [2.75, 3.05) is 25.6 Å². The summed E-state index contributed by atoms with van der Waals surface area (Å²) >= 11 is 0. The number of anilines is 1. The van der Waals surface area contributed by atoms with Gasteiger partial charge in [-0.1, -0.05) is 12.2 Å². The Morgan fingerprint density at radius 1 is 1.19 bits per heavy atom. The van der Waals surface area contributed by atoms with E-state index in [4.69, 9.17) is 9.47 Å². The lowest BCUT2D eigenvalue weighted by molar-refractivity contribution is 0.288. The molecule has 0 saturated carbocycles. The second kappa shape index (κ2) is 6.60. The molecular formula is C10H16N4O2. The van der Waals surface area contributed by atoms with Crippen LogP contribution in [0.2, 0.25) is 0 Å². The van der Waals surface area contributed by atoms with Gasteiger partial charge in [-0.05, 0) is 13.8 Å². The third-order valence-corrected chi connectivity index (χ3v) is 1.64. The van der Waals surface area contributed by atoms with Crippen molar-refractivity contribution in [2.24, 2.45) is 0 Å². The third-order valence-electron chi connectivity index (χ3n) is 1.64. The van der Waals surface area contributed by atoms with Gasteiger partial charge in [0.15, 0.2) is 0 Å².